The van der Waals surface area contributed by atoms with E-state index in [1.165, 1.54) is 12.5 Å². The van der Waals surface area contributed by atoms with E-state index < -0.39 is 0 Å². The lowest BCUT2D eigenvalue weighted by Crippen LogP contribution is -1.77. The van der Waals surface area contributed by atoms with Gasteiger partial charge >= 0.3 is 0 Å². The van der Waals surface area contributed by atoms with Crippen LogP contribution in [0, 0.1) is 6.92 Å². The van der Waals surface area contributed by atoms with Gasteiger partial charge in [-0.2, -0.15) is 0 Å². The van der Waals surface area contributed by atoms with Gasteiger partial charge in [-0.3, -0.25) is 4.79 Å². The average Bonchev–Trinajstić information content (AvgIpc) is 2.71. The van der Waals surface area contributed by atoms with E-state index >= 15 is 0 Å². The maximum absolute atomic E-state index is 10.5. The summed E-state index contributed by atoms with van der Waals surface area (Å²) in [6.07, 6.45) is 3.68. The minimum absolute atomic E-state index is 0.260. The quantitative estimate of drug-likeness (QED) is 0.659. The Morgan fingerprint density at radius 3 is 2.92 bits per heavy atom. The van der Waals surface area contributed by atoms with E-state index in [1.54, 1.807) is 13.0 Å². The number of aldehydes is 1. The summed E-state index contributed by atoms with van der Waals surface area (Å²) in [4.78, 5) is 14.5. The van der Waals surface area contributed by atoms with Gasteiger partial charge in [0.2, 0.25) is 5.89 Å². The Morgan fingerprint density at radius 1 is 1.54 bits per heavy atom. The molecular formula is C9H7NO3. The number of carbonyl (C=O) groups is 1. The van der Waals surface area contributed by atoms with Crippen LogP contribution in [-0.2, 0) is 0 Å². The first-order valence-electron chi connectivity index (χ1n) is 3.76. The van der Waals surface area contributed by atoms with E-state index in [4.69, 9.17) is 8.83 Å². The predicted octanol–water partition coefficient (Wildman–Crippen LogP) is 2.06. The van der Waals surface area contributed by atoms with Crippen molar-refractivity contribution in [3.05, 3.63) is 30.0 Å². The highest BCUT2D eigenvalue weighted by molar-refractivity contribution is 5.73. The Labute approximate surface area is 74.2 Å². The van der Waals surface area contributed by atoms with Gasteiger partial charge in [0.25, 0.3) is 0 Å². The fourth-order valence-electron chi connectivity index (χ4n) is 1.03. The summed E-state index contributed by atoms with van der Waals surface area (Å²) in [6.45, 7) is 1.72. The molecule has 13 heavy (non-hydrogen) atoms. The molecule has 0 unspecified atom stereocenters. The standard InChI is InChI=1S/C9H7NO3/c1-6-8(4-11)13-9(10-6)7-2-3-12-5-7/h2-5H,1H3. The second kappa shape index (κ2) is 2.90. The monoisotopic (exact) mass is 177 g/mol. The van der Waals surface area contributed by atoms with Crippen LogP contribution in [0.1, 0.15) is 16.2 Å². The summed E-state index contributed by atoms with van der Waals surface area (Å²) in [6, 6.07) is 1.72. The number of aryl methyl sites for hydroxylation is 1. The molecule has 2 rings (SSSR count). The zero-order valence-electron chi connectivity index (χ0n) is 6.98. The highest BCUT2D eigenvalue weighted by atomic mass is 16.4. The number of rotatable bonds is 2. The molecule has 4 heteroatoms. The molecule has 0 spiro atoms. The lowest BCUT2D eigenvalue weighted by molar-refractivity contribution is 0.110. The van der Waals surface area contributed by atoms with Crippen molar-refractivity contribution in [3.8, 4) is 11.5 Å². The molecule has 0 aliphatic rings. The highest BCUT2D eigenvalue weighted by Crippen LogP contribution is 2.20. The van der Waals surface area contributed by atoms with Crippen LogP contribution in [0.25, 0.3) is 11.5 Å². The van der Waals surface area contributed by atoms with Crippen LogP contribution < -0.4 is 0 Å². The summed E-state index contributed by atoms with van der Waals surface area (Å²) in [5.74, 6) is 0.671. The van der Waals surface area contributed by atoms with Gasteiger partial charge in [0, 0.05) is 0 Å². The molecule has 0 saturated carbocycles. The van der Waals surface area contributed by atoms with Gasteiger partial charge < -0.3 is 8.83 Å². The molecule has 0 aromatic carbocycles. The van der Waals surface area contributed by atoms with Crippen LogP contribution in [0.2, 0.25) is 0 Å². The third-order valence-corrected chi connectivity index (χ3v) is 1.71. The largest absolute Gasteiger partial charge is 0.472 e. The second-order valence-electron chi connectivity index (χ2n) is 2.60. The number of carbonyl (C=O) groups excluding carboxylic acids is 1. The maximum atomic E-state index is 10.5. The van der Waals surface area contributed by atoms with Gasteiger partial charge in [0.05, 0.1) is 17.5 Å². The number of oxazole rings is 1. The third-order valence-electron chi connectivity index (χ3n) is 1.71. The van der Waals surface area contributed by atoms with Crippen molar-refractivity contribution in [2.24, 2.45) is 0 Å². The molecule has 66 valence electrons. The number of hydrogen-bond acceptors (Lipinski definition) is 4. The smallest absolute Gasteiger partial charge is 0.230 e. The van der Waals surface area contributed by atoms with Crippen molar-refractivity contribution in [1.29, 1.82) is 0 Å². The van der Waals surface area contributed by atoms with Crippen LogP contribution in [-0.4, -0.2) is 11.3 Å². The number of furan rings is 1. The summed E-state index contributed by atoms with van der Waals surface area (Å²) in [5.41, 5.74) is 1.32. The molecule has 0 aliphatic heterocycles. The van der Waals surface area contributed by atoms with E-state index in [1.807, 2.05) is 0 Å². The predicted molar refractivity (Wildman–Crippen MR) is 44.3 cm³/mol. The molecule has 0 bridgehead atoms. The molecule has 2 aromatic heterocycles. The molecule has 0 aliphatic carbocycles. The van der Waals surface area contributed by atoms with Gasteiger partial charge in [-0.15, -0.1) is 0 Å². The van der Waals surface area contributed by atoms with E-state index in [9.17, 15) is 4.79 Å². The molecule has 0 N–H and O–H groups in total. The van der Waals surface area contributed by atoms with Crippen LogP contribution >= 0.6 is 0 Å². The van der Waals surface area contributed by atoms with Crippen LogP contribution in [0.15, 0.2) is 27.4 Å². The van der Waals surface area contributed by atoms with Crippen molar-refractivity contribution < 1.29 is 13.6 Å². The van der Waals surface area contributed by atoms with Crippen LogP contribution in [0.4, 0.5) is 0 Å². The topological polar surface area (TPSA) is 56.2 Å². The Morgan fingerprint density at radius 2 is 2.38 bits per heavy atom. The normalized spacial score (nSPS) is 10.2. The molecule has 2 heterocycles. The van der Waals surface area contributed by atoms with Crippen molar-refractivity contribution in [3.63, 3.8) is 0 Å². The van der Waals surface area contributed by atoms with E-state index in [0.717, 1.165) is 5.56 Å². The molecule has 0 radical (unpaired) electrons. The first kappa shape index (κ1) is 7.79. The Bertz CT molecular complexity index is 414. The molecular weight excluding hydrogens is 170 g/mol. The van der Waals surface area contributed by atoms with Crippen molar-refractivity contribution in [1.82, 2.24) is 4.98 Å². The molecule has 4 nitrogen and oxygen atoms in total. The van der Waals surface area contributed by atoms with Gasteiger partial charge in [-0.1, -0.05) is 0 Å². The highest BCUT2D eigenvalue weighted by Gasteiger charge is 2.10. The summed E-state index contributed by atoms with van der Waals surface area (Å²) in [5, 5.41) is 0. The molecule has 0 amide bonds. The Kier molecular flexibility index (Phi) is 1.73. The fourth-order valence-corrected chi connectivity index (χ4v) is 1.03. The van der Waals surface area contributed by atoms with Crippen LogP contribution in [0.3, 0.4) is 0 Å². The van der Waals surface area contributed by atoms with Gasteiger partial charge in [0.1, 0.15) is 6.26 Å². The van der Waals surface area contributed by atoms with Crippen LogP contribution in [0.5, 0.6) is 0 Å². The number of nitrogens with zero attached hydrogens (tertiary/aromatic N) is 1. The third kappa shape index (κ3) is 1.26. The summed E-state index contributed by atoms with van der Waals surface area (Å²) >= 11 is 0. The zero-order valence-corrected chi connectivity index (χ0v) is 6.98. The maximum Gasteiger partial charge on any atom is 0.230 e. The van der Waals surface area contributed by atoms with Crippen molar-refractivity contribution in [2.75, 3.05) is 0 Å². The molecule has 0 atom stereocenters. The molecule has 0 fully saturated rings. The number of hydrogen-bond donors (Lipinski definition) is 0. The number of aromatic nitrogens is 1. The van der Waals surface area contributed by atoms with Gasteiger partial charge in [0.15, 0.2) is 12.0 Å². The summed E-state index contributed by atoms with van der Waals surface area (Å²) < 4.78 is 10.0. The Hall–Kier alpha value is -1.84. The minimum Gasteiger partial charge on any atom is -0.472 e. The lowest BCUT2D eigenvalue weighted by atomic mass is 10.3. The first-order chi connectivity index (χ1) is 6.31. The fraction of sp³-hybridized carbons (Fsp3) is 0.111. The molecule has 2 aromatic rings. The second-order valence-corrected chi connectivity index (χ2v) is 2.60. The van der Waals surface area contributed by atoms with E-state index in [-0.39, 0.29) is 5.76 Å². The Balaban J connectivity index is 2.48. The van der Waals surface area contributed by atoms with Gasteiger partial charge in [-0.05, 0) is 13.0 Å². The van der Waals surface area contributed by atoms with Gasteiger partial charge in [-0.25, -0.2) is 4.98 Å². The minimum atomic E-state index is 0.260. The van der Waals surface area contributed by atoms with Crippen molar-refractivity contribution in [2.45, 2.75) is 6.92 Å². The summed E-state index contributed by atoms with van der Waals surface area (Å²) in [7, 11) is 0. The van der Waals surface area contributed by atoms with Crippen molar-refractivity contribution >= 4 is 6.29 Å². The molecule has 0 saturated heterocycles. The van der Waals surface area contributed by atoms with E-state index in [0.29, 0.717) is 17.9 Å². The lowest BCUT2D eigenvalue weighted by Gasteiger charge is -1.83. The SMILES string of the molecule is Cc1nc(-c2ccoc2)oc1C=O. The van der Waals surface area contributed by atoms with E-state index in [2.05, 4.69) is 4.98 Å². The average molecular weight is 177 g/mol. The zero-order chi connectivity index (χ0) is 9.26. The first-order valence-corrected chi connectivity index (χ1v) is 3.76.